The average molecular weight is 346 g/mol. The molecule has 26 heavy (non-hydrogen) atoms. The molecular formula is C22H18O4. The number of carbonyl (C=O) groups excluding carboxylic acids is 2. The standard InChI is InChI=1S/C22H18O4/c1-15-13-14-19(25-21(23)17-9-5-3-6-10-17)20(16(15)2)26-22(24)18-11-7-4-8-12-18/h3-14H,1-2H3. The third-order valence-corrected chi connectivity index (χ3v) is 4.06. The Kier molecular flexibility index (Phi) is 5.13. The third kappa shape index (κ3) is 3.81. The Morgan fingerprint density at radius 2 is 1.15 bits per heavy atom. The zero-order chi connectivity index (χ0) is 18.5. The zero-order valence-corrected chi connectivity index (χ0v) is 14.6. The first kappa shape index (κ1) is 17.4. The van der Waals surface area contributed by atoms with Crippen molar-refractivity contribution in [3.8, 4) is 11.5 Å². The van der Waals surface area contributed by atoms with Crippen molar-refractivity contribution >= 4 is 11.9 Å². The predicted molar refractivity (Wildman–Crippen MR) is 98.7 cm³/mol. The highest BCUT2D eigenvalue weighted by Crippen LogP contribution is 2.34. The van der Waals surface area contributed by atoms with E-state index in [-0.39, 0.29) is 11.5 Å². The molecule has 3 rings (SSSR count). The monoisotopic (exact) mass is 346 g/mol. The third-order valence-electron chi connectivity index (χ3n) is 4.06. The van der Waals surface area contributed by atoms with E-state index in [0.717, 1.165) is 11.1 Å². The van der Waals surface area contributed by atoms with Crippen LogP contribution in [0.3, 0.4) is 0 Å². The molecule has 0 saturated heterocycles. The van der Waals surface area contributed by atoms with Gasteiger partial charge in [0.1, 0.15) is 0 Å². The number of esters is 2. The average Bonchev–Trinajstić information content (AvgIpc) is 2.68. The van der Waals surface area contributed by atoms with Gasteiger partial charge < -0.3 is 9.47 Å². The maximum Gasteiger partial charge on any atom is 0.343 e. The van der Waals surface area contributed by atoms with Gasteiger partial charge in [-0.25, -0.2) is 9.59 Å². The Morgan fingerprint density at radius 3 is 1.69 bits per heavy atom. The summed E-state index contributed by atoms with van der Waals surface area (Å²) >= 11 is 0. The maximum absolute atomic E-state index is 12.4. The van der Waals surface area contributed by atoms with Gasteiger partial charge >= 0.3 is 11.9 Å². The van der Waals surface area contributed by atoms with Crippen molar-refractivity contribution < 1.29 is 19.1 Å². The summed E-state index contributed by atoms with van der Waals surface area (Å²) in [6.45, 7) is 3.72. The van der Waals surface area contributed by atoms with Gasteiger partial charge in [0, 0.05) is 0 Å². The second-order valence-corrected chi connectivity index (χ2v) is 5.85. The lowest BCUT2D eigenvalue weighted by atomic mass is 10.1. The van der Waals surface area contributed by atoms with E-state index < -0.39 is 11.9 Å². The molecule has 0 spiro atoms. The zero-order valence-electron chi connectivity index (χ0n) is 14.6. The van der Waals surface area contributed by atoms with Gasteiger partial charge in [0.05, 0.1) is 11.1 Å². The molecule has 0 aliphatic heterocycles. The van der Waals surface area contributed by atoms with Crippen molar-refractivity contribution in [1.29, 1.82) is 0 Å². The van der Waals surface area contributed by atoms with Crippen LogP contribution in [0.5, 0.6) is 11.5 Å². The van der Waals surface area contributed by atoms with Crippen molar-refractivity contribution in [3.63, 3.8) is 0 Å². The van der Waals surface area contributed by atoms with Gasteiger partial charge in [-0.15, -0.1) is 0 Å². The van der Waals surface area contributed by atoms with Gasteiger partial charge in [0.25, 0.3) is 0 Å². The molecule has 0 amide bonds. The van der Waals surface area contributed by atoms with Gasteiger partial charge in [-0.3, -0.25) is 0 Å². The first-order chi connectivity index (χ1) is 12.6. The molecule has 0 aliphatic carbocycles. The number of rotatable bonds is 4. The predicted octanol–water partition coefficient (Wildman–Crippen LogP) is 4.74. The summed E-state index contributed by atoms with van der Waals surface area (Å²) in [6.07, 6.45) is 0. The normalized spacial score (nSPS) is 10.2. The molecule has 0 heterocycles. The Hall–Kier alpha value is -3.40. The van der Waals surface area contributed by atoms with Crippen LogP contribution in [-0.4, -0.2) is 11.9 Å². The molecule has 0 saturated carbocycles. The van der Waals surface area contributed by atoms with Crippen LogP contribution >= 0.6 is 0 Å². The number of benzene rings is 3. The van der Waals surface area contributed by atoms with E-state index >= 15 is 0 Å². The lowest BCUT2D eigenvalue weighted by Crippen LogP contribution is -2.13. The number of hydrogen-bond donors (Lipinski definition) is 0. The van der Waals surface area contributed by atoms with Gasteiger partial charge in [-0.05, 0) is 55.3 Å². The van der Waals surface area contributed by atoms with Crippen molar-refractivity contribution in [2.24, 2.45) is 0 Å². The molecule has 0 bridgehead atoms. The highest BCUT2D eigenvalue weighted by atomic mass is 16.6. The highest BCUT2D eigenvalue weighted by Gasteiger charge is 2.19. The minimum Gasteiger partial charge on any atom is -0.419 e. The van der Waals surface area contributed by atoms with Crippen molar-refractivity contribution in [1.82, 2.24) is 0 Å². The van der Waals surface area contributed by atoms with E-state index in [1.165, 1.54) is 0 Å². The lowest BCUT2D eigenvalue weighted by Gasteiger charge is -2.14. The second-order valence-electron chi connectivity index (χ2n) is 5.85. The quantitative estimate of drug-likeness (QED) is 0.506. The molecular weight excluding hydrogens is 328 g/mol. The number of carbonyl (C=O) groups is 2. The van der Waals surface area contributed by atoms with E-state index in [4.69, 9.17) is 9.47 Å². The molecule has 0 unspecified atom stereocenters. The largest absolute Gasteiger partial charge is 0.419 e. The maximum atomic E-state index is 12.4. The lowest BCUT2D eigenvalue weighted by molar-refractivity contribution is 0.0681. The molecule has 0 atom stereocenters. The molecule has 0 N–H and O–H groups in total. The molecule has 4 nitrogen and oxygen atoms in total. The van der Waals surface area contributed by atoms with Crippen LogP contribution in [0.1, 0.15) is 31.8 Å². The molecule has 130 valence electrons. The Morgan fingerprint density at radius 1 is 0.654 bits per heavy atom. The molecule has 0 aromatic heterocycles. The van der Waals surface area contributed by atoms with E-state index in [0.29, 0.717) is 11.1 Å². The van der Waals surface area contributed by atoms with Crippen LogP contribution in [0.25, 0.3) is 0 Å². The summed E-state index contributed by atoms with van der Waals surface area (Å²) in [5.41, 5.74) is 2.52. The van der Waals surface area contributed by atoms with Gasteiger partial charge in [-0.2, -0.15) is 0 Å². The summed E-state index contributed by atoms with van der Waals surface area (Å²) in [6, 6.07) is 20.8. The highest BCUT2D eigenvalue weighted by molar-refractivity contribution is 5.93. The Bertz CT molecular complexity index is 931. The van der Waals surface area contributed by atoms with Crippen molar-refractivity contribution in [2.45, 2.75) is 13.8 Å². The number of hydrogen-bond acceptors (Lipinski definition) is 4. The summed E-state index contributed by atoms with van der Waals surface area (Å²) < 4.78 is 11.1. The summed E-state index contributed by atoms with van der Waals surface area (Å²) in [7, 11) is 0. The van der Waals surface area contributed by atoms with E-state index in [9.17, 15) is 9.59 Å². The smallest absolute Gasteiger partial charge is 0.343 e. The van der Waals surface area contributed by atoms with Crippen LogP contribution in [0, 0.1) is 13.8 Å². The fourth-order valence-corrected chi connectivity index (χ4v) is 2.43. The fourth-order valence-electron chi connectivity index (χ4n) is 2.43. The molecule has 0 aliphatic rings. The number of ether oxygens (including phenoxy) is 2. The minimum absolute atomic E-state index is 0.214. The van der Waals surface area contributed by atoms with Gasteiger partial charge in [0.2, 0.25) is 0 Å². The summed E-state index contributed by atoms with van der Waals surface area (Å²) in [5, 5.41) is 0. The van der Waals surface area contributed by atoms with Crippen LogP contribution in [0.15, 0.2) is 72.8 Å². The van der Waals surface area contributed by atoms with Crippen LogP contribution < -0.4 is 9.47 Å². The summed E-state index contributed by atoms with van der Waals surface area (Å²) in [5.74, 6) is -0.545. The van der Waals surface area contributed by atoms with Crippen LogP contribution in [0.4, 0.5) is 0 Å². The van der Waals surface area contributed by atoms with Crippen LogP contribution in [-0.2, 0) is 0 Å². The van der Waals surface area contributed by atoms with E-state index in [1.807, 2.05) is 32.0 Å². The molecule has 0 radical (unpaired) electrons. The Balaban J connectivity index is 1.90. The number of aryl methyl sites for hydroxylation is 1. The first-order valence-corrected chi connectivity index (χ1v) is 8.21. The summed E-state index contributed by atoms with van der Waals surface area (Å²) in [4.78, 5) is 24.8. The van der Waals surface area contributed by atoms with E-state index in [1.54, 1.807) is 54.6 Å². The van der Waals surface area contributed by atoms with Gasteiger partial charge in [-0.1, -0.05) is 42.5 Å². The minimum atomic E-state index is -0.508. The van der Waals surface area contributed by atoms with E-state index in [2.05, 4.69) is 0 Å². The SMILES string of the molecule is Cc1ccc(OC(=O)c2ccccc2)c(OC(=O)c2ccccc2)c1C. The topological polar surface area (TPSA) is 52.6 Å². The molecule has 0 fully saturated rings. The van der Waals surface area contributed by atoms with Crippen molar-refractivity contribution in [3.05, 3.63) is 95.1 Å². The van der Waals surface area contributed by atoms with Crippen LogP contribution in [0.2, 0.25) is 0 Å². The fraction of sp³-hybridized carbons (Fsp3) is 0.0909. The molecule has 3 aromatic carbocycles. The Labute approximate surface area is 152 Å². The van der Waals surface area contributed by atoms with Crippen molar-refractivity contribution in [2.75, 3.05) is 0 Å². The first-order valence-electron chi connectivity index (χ1n) is 8.21. The second kappa shape index (κ2) is 7.66. The van der Waals surface area contributed by atoms with Gasteiger partial charge in [0.15, 0.2) is 11.5 Å². The molecule has 3 aromatic rings. The molecule has 4 heteroatoms.